The molecule has 0 radical (unpaired) electrons. The van der Waals surface area contributed by atoms with Crippen LogP contribution in [0, 0.1) is 0 Å². The Labute approximate surface area is 147 Å². The molecule has 25 heavy (non-hydrogen) atoms. The van der Waals surface area contributed by atoms with Gasteiger partial charge in [-0.3, -0.25) is 4.99 Å². The van der Waals surface area contributed by atoms with Gasteiger partial charge in [-0.05, 0) is 18.2 Å². The molecule has 0 fully saturated rings. The average Bonchev–Trinajstić information content (AvgIpc) is 2.67. The minimum atomic E-state index is -0.128. The topological polar surface area (TPSA) is 58.5 Å². The van der Waals surface area contributed by atoms with E-state index in [1.54, 1.807) is 33.6 Å². The smallest absolute Gasteiger partial charge is 0.164 e. The van der Waals surface area contributed by atoms with Gasteiger partial charge in [-0.2, -0.15) is 0 Å². The molecule has 0 N–H and O–H groups in total. The normalized spacial score (nSPS) is 15.9. The second kappa shape index (κ2) is 7.79. The molecule has 3 rings (SSSR count). The molecule has 1 aliphatic rings. The van der Waals surface area contributed by atoms with E-state index >= 15 is 0 Å². The van der Waals surface area contributed by atoms with E-state index in [4.69, 9.17) is 23.7 Å². The molecule has 0 aliphatic carbocycles. The molecule has 132 valence electrons. The predicted octanol–water partition coefficient (Wildman–Crippen LogP) is 2.97. The van der Waals surface area contributed by atoms with Gasteiger partial charge in [0.25, 0.3) is 0 Å². The molecule has 2 aromatic rings. The van der Waals surface area contributed by atoms with Crippen molar-refractivity contribution in [1.82, 2.24) is 0 Å². The molecule has 1 aliphatic heterocycles. The van der Waals surface area contributed by atoms with Crippen LogP contribution in [-0.2, 0) is 0 Å². The monoisotopic (exact) mass is 343 g/mol. The van der Waals surface area contributed by atoms with Crippen LogP contribution in [0.1, 0.15) is 5.56 Å². The van der Waals surface area contributed by atoms with Gasteiger partial charge in [0.05, 0.1) is 27.9 Å². The van der Waals surface area contributed by atoms with Gasteiger partial charge in [0, 0.05) is 17.8 Å². The molecule has 0 amide bonds. The molecule has 0 spiro atoms. The molecule has 0 unspecified atom stereocenters. The second-order valence-corrected chi connectivity index (χ2v) is 5.44. The lowest BCUT2D eigenvalue weighted by molar-refractivity contribution is 0.0973. The Morgan fingerprint density at radius 1 is 1.00 bits per heavy atom. The van der Waals surface area contributed by atoms with Crippen LogP contribution in [0.4, 0.5) is 0 Å². The van der Waals surface area contributed by atoms with Crippen LogP contribution in [0.5, 0.6) is 28.7 Å². The number of benzene rings is 2. The van der Waals surface area contributed by atoms with Crippen LogP contribution in [0.25, 0.3) is 0 Å². The van der Waals surface area contributed by atoms with E-state index in [0.717, 1.165) is 17.1 Å². The molecular weight excluding hydrogens is 322 g/mol. The van der Waals surface area contributed by atoms with Crippen LogP contribution in [0.3, 0.4) is 0 Å². The highest BCUT2D eigenvalue weighted by Crippen LogP contribution is 2.34. The molecule has 1 atom stereocenters. The number of fused-ring (bicyclic) bond motifs is 1. The van der Waals surface area contributed by atoms with E-state index in [9.17, 15) is 0 Å². The zero-order valence-electron chi connectivity index (χ0n) is 14.5. The van der Waals surface area contributed by atoms with Crippen molar-refractivity contribution in [3.63, 3.8) is 0 Å². The van der Waals surface area contributed by atoms with Crippen molar-refractivity contribution in [2.75, 3.05) is 34.5 Å². The van der Waals surface area contributed by atoms with E-state index in [-0.39, 0.29) is 6.10 Å². The average molecular weight is 343 g/mol. The number of para-hydroxylation sites is 2. The SMILES string of the molecule is COc1cc(OC)c(OC)cc1C=NC[C@@H]1COc2ccccc2O1. The number of ether oxygens (including phenoxy) is 5. The Morgan fingerprint density at radius 2 is 1.68 bits per heavy atom. The molecule has 0 saturated carbocycles. The van der Waals surface area contributed by atoms with Crippen LogP contribution in [0.2, 0.25) is 0 Å². The van der Waals surface area contributed by atoms with Gasteiger partial charge in [0.1, 0.15) is 12.4 Å². The van der Waals surface area contributed by atoms with Gasteiger partial charge < -0.3 is 23.7 Å². The maximum Gasteiger partial charge on any atom is 0.164 e. The van der Waals surface area contributed by atoms with Crippen molar-refractivity contribution in [2.45, 2.75) is 6.10 Å². The van der Waals surface area contributed by atoms with Crippen molar-refractivity contribution in [2.24, 2.45) is 4.99 Å². The predicted molar refractivity (Wildman–Crippen MR) is 94.9 cm³/mol. The molecule has 0 saturated heterocycles. The first-order chi connectivity index (χ1) is 12.2. The summed E-state index contributed by atoms with van der Waals surface area (Å²) in [6.45, 7) is 0.948. The Bertz CT molecular complexity index is 759. The molecule has 1 heterocycles. The Hall–Kier alpha value is -2.89. The van der Waals surface area contributed by atoms with E-state index in [1.807, 2.05) is 30.3 Å². The zero-order chi connectivity index (χ0) is 17.6. The van der Waals surface area contributed by atoms with Gasteiger partial charge in [-0.15, -0.1) is 0 Å². The van der Waals surface area contributed by atoms with Gasteiger partial charge >= 0.3 is 0 Å². The van der Waals surface area contributed by atoms with E-state index in [0.29, 0.717) is 30.4 Å². The highest BCUT2D eigenvalue weighted by Gasteiger charge is 2.20. The lowest BCUT2D eigenvalue weighted by Crippen LogP contribution is -2.31. The molecule has 0 aromatic heterocycles. The fraction of sp³-hybridized carbons (Fsp3) is 0.316. The fourth-order valence-corrected chi connectivity index (χ4v) is 2.58. The minimum Gasteiger partial charge on any atom is -0.496 e. The van der Waals surface area contributed by atoms with Crippen LogP contribution < -0.4 is 23.7 Å². The molecule has 6 heteroatoms. The Kier molecular flexibility index (Phi) is 5.28. The lowest BCUT2D eigenvalue weighted by atomic mass is 10.2. The second-order valence-electron chi connectivity index (χ2n) is 5.44. The zero-order valence-corrected chi connectivity index (χ0v) is 14.5. The maximum atomic E-state index is 5.89. The number of methoxy groups -OCH3 is 3. The van der Waals surface area contributed by atoms with Crippen molar-refractivity contribution in [3.8, 4) is 28.7 Å². The summed E-state index contributed by atoms with van der Waals surface area (Å²) in [5.41, 5.74) is 0.803. The molecule has 0 bridgehead atoms. The first kappa shape index (κ1) is 17.0. The van der Waals surface area contributed by atoms with E-state index < -0.39 is 0 Å². The third kappa shape index (κ3) is 3.79. The first-order valence-electron chi connectivity index (χ1n) is 7.93. The van der Waals surface area contributed by atoms with Gasteiger partial charge in [0.2, 0.25) is 0 Å². The number of hydrogen-bond donors (Lipinski definition) is 0. The highest BCUT2D eigenvalue weighted by atomic mass is 16.6. The van der Waals surface area contributed by atoms with Crippen molar-refractivity contribution in [3.05, 3.63) is 42.0 Å². The number of nitrogens with zero attached hydrogens (tertiary/aromatic N) is 1. The van der Waals surface area contributed by atoms with Gasteiger partial charge in [-0.1, -0.05) is 12.1 Å². The quantitative estimate of drug-likeness (QED) is 0.755. The van der Waals surface area contributed by atoms with Crippen molar-refractivity contribution >= 4 is 6.21 Å². The number of rotatable bonds is 6. The summed E-state index contributed by atoms with van der Waals surface area (Å²) in [4.78, 5) is 4.47. The summed E-state index contributed by atoms with van der Waals surface area (Å²) in [6, 6.07) is 11.2. The fourth-order valence-electron chi connectivity index (χ4n) is 2.58. The summed E-state index contributed by atoms with van der Waals surface area (Å²) in [5, 5.41) is 0. The Morgan fingerprint density at radius 3 is 2.40 bits per heavy atom. The standard InChI is InChI=1S/C19H21NO5/c1-21-17-9-19(23-3)18(22-2)8-13(17)10-20-11-14-12-24-15-6-4-5-7-16(15)25-14/h4-10,14H,11-12H2,1-3H3/t14-/m1/s1. The minimum absolute atomic E-state index is 0.128. The van der Waals surface area contributed by atoms with E-state index in [2.05, 4.69) is 4.99 Å². The highest BCUT2D eigenvalue weighted by molar-refractivity contribution is 5.85. The summed E-state index contributed by atoms with van der Waals surface area (Å²) in [7, 11) is 4.78. The number of hydrogen-bond acceptors (Lipinski definition) is 6. The number of aliphatic imine (C=N–C) groups is 1. The summed E-state index contributed by atoms with van der Waals surface area (Å²) >= 11 is 0. The van der Waals surface area contributed by atoms with Crippen LogP contribution in [-0.4, -0.2) is 46.8 Å². The van der Waals surface area contributed by atoms with Gasteiger partial charge in [-0.25, -0.2) is 0 Å². The van der Waals surface area contributed by atoms with Crippen molar-refractivity contribution < 1.29 is 23.7 Å². The first-order valence-corrected chi connectivity index (χ1v) is 7.93. The van der Waals surface area contributed by atoms with E-state index in [1.165, 1.54) is 0 Å². The molecule has 2 aromatic carbocycles. The Balaban J connectivity index is 1.70. The molecular formula is C19H21NO5. The third-order valence-electron chi connectivity index (χ3n) is 3.84. The van der Waals surface area contributed by atoms with Crippen molar-refractivity contribution in [1.29, 1.82) is 0 Å². The summed E-state index contributed by atoms with van der Waals surface area (Å²) < 4.78 is 27.6. The third-order valence-corrected chi connectivity index (χ3v) is 3.84. The molecule has 6 nitrogen and oxygen atoms in total. The summed E-state index contributed by atoms with van der Waals surface area (Å²) in [6.07, 6.45) is 1.61. The maximum absolute atomic E-state index is 5.89. The lowest BCUT2D eigenvalue weighted by Gasteiger charge is -2.25. The van der Waals surface area contributed by atoms with Gasteiger partial charge in [0.15, 0.2) is 29.1 Å². The largest absolute Gasteiger partial charge is 0.496 e. The summed E-state index contributed by atoms with van der Waals surface area (Å²) in [5.74, 6) is 3.41. The van der Waals surface area contributed by atoms with Crippen LogP contribution in [0.15, 0.2) is 41.4 Å². The van der Waals surface area contributed by atoms with Crippen LogP contribution >= 0.6 is 0 Å².